The fraction of sp³-hybridized carbons (Fsp3) is 0.769. The summed E-state index contributed by atoms with van der Waals surface area (Å²) in [6.07, 6.45) is 6.88. The number of alkyl halides is 1. The van der Waals surface area contributed by atoms with E-state index in [0.29, 0.717) is 24.9 Å². The molecule has 1 aliphatic carbocycles. The molecule has 4 heteroatoms. The van der Waals surface area contributed by atoms with Gasteiger partial charge in [-0.05, 0) is 45.4 Å². The van der Waals surface area contributed by atoms with Crippen LogP contribution in [0.25, 0.3) is 0 Å². The predicted octanol–water partition coefficient (Wildman–Crippen LogP) is 3.08. The number of rotatable bonds is 1. The molecule has 1 fully saturated rings. The highest BCUT2D eigenvalue weighted by Gasteiger charge is 2.26. The monoisotopic (exact) mass is 237 g/mol. The van der Waals surface area contributed by atoms with Gasteiger partial charge in [0.25, 0.3) is 0 Å². The molecule has 0 amide bonds. The van der Waals surface area contributed by atoms with E-state index >= 15 is 0 Å². The van der Waals surface area contributed by atoms with Crippen molar-refractivity contribution in [2.45, 2.75) is 63.7 Å². The first-order valence-electron chi connectivity index (χ1n) is 6.71. The van der Waals surface area contributed by atoms with Gasteiger partial charge in [-0.2, -0.15) is 5.10 Å². The summed E-state index contributed by atoms with van der Waals surface area (Å²) in [4.78, 5) is 0. The molecule has 1 unspecified atom stereocenters. The number of anilines is 1. The van der Waals surface area contributed by atoms with Crippen molar-refractivity contribution in [3.05, 3.63) is 11.9 Å². The third-order valence-electron chi connectivity index (χ3n) is 4.09. The first-order chi connectivity index (χ1) is 8.24. The molecule has 1 atom stereocenters. The molecule has 0 bridgehead atoms. The third kappa shape index (κ3) is 2.05. The number of hydrogen-bond donors (Lipinski definition) is 1. The van der Waals surface area contributed by atoms with Crippen molar-refractivity contribution in [2.24, 2.45) is 0 Å². The minimum Gasteiger partial charge on any atom is -0.380 e. The minimum absolute atomic E-state index is 0.418. The van der Waals surface area contributed by atoms with Crippen LogP contribution in [-0.4, -0.2) is 22.0 Å². The summed E-state index contributed by atoms with van der Waals surface area (Å²) in [7, 11) is 0. The van der Waals surface area contributed by atoms with Crippen LogP contribution < -0.4 is 5.32 Å². The van der Waals surface area contributed by atoms with Crippen molar-refractivity contribution in [1.82, 2.24) is 9.78 Å². The van der Waals surface area contributed by atoms with Crippen LogP contribution in [-0.2, 0) is 6.42 Å². The molecular weight excluding hydrogens is 217 g/mol. The molecule has 3 nitrogen and oxygen atoms in total. The topological polar surface area (TPSA) is 29.9 Å². The number of nitrogens with one attached hydrogen (secondary N) is 1. The molecule has 94 valence electrons. The summed E-state index contributed by atoms with van der Waals surface area (Å²) >= 11 is 0. The van der Waals surface area contributed by atoms with Crippen molar-refractivity contribution in [1.29, 1.82) is 0 Å². The lowest BCUT2D eigenvalue weighted by Crippen LogP contribution is -2.25. The Bertz CT molecular complexity index is 393. The highest BCUT2D eigenvalue weighted by molar-refractivity contribution is 5.49. The molecule has 2 heterocycles. The van der Waals surface area contributed by atoms with Crippen LogP contribution in [0.5, 0.6) is 0 Å². The number of fused-ring (bicyclic) bond motifs is 1. The third-order valence-corrected chi connectivity index (χ3v) is 4.09. The van der Waals surface area contributed by atoms with Crippen LogP contribution in [0.2, 0.25) is 0 Å². The van der Waals surface area contributed by atoms with Crippen LogP contribution in [0.15, 0.2) is 6.20 Å². The van der Waals surface area contributed by atoms with Crippen molar-refractivity contribution in [2.75, 3.05) is 5.32 Å². The Labute approximate surface area is 101 Å². The quantitative estimate of drug-likeness (QED) is 0.813. The molecule has 1 N–H and O–H groups in total. The number of halogens is 1. The van der Waals surface area contributed by atoms with E-state index in [2.05, 4.69) is 22.0 Å². The lowest BCUT2D eigenvalue weighted by Gasteiger charge is -2.28. The molecule has 1 aromatic rings. The summed E-state index contributed by atoms with van der Waals surface area (Å²) in [5, 5.41) is 7.98. The standard InChI is InChI=1S/C13H20FN3/c1-9-2-7-13-12(16-9)8-15-17(13)11-5-3-10(14)4-6-11/h8-11,16H,2-7H2,1H3. The van der Waals surface area contributed by atoms with Gasteiger partial charge in [-0.15, -0.1) is 0 Å². The SMILES string of the molecule is CC1CCc2c(cnn2C2CCC(F)CC2)N1. The van der Waals surface area contributed by atoms with Crippen molar-refractivity contribution in [3.8, 4) is 0 Å². The molecule has 0 aromatic carbocycles. The van der Waals surface area contributed by atoms with E-state index in [9.17, 15) is 4.39 Å². The average Bonchev–Trinajstić information content (AvgIpc) is 2.73. The maximum absolute atomic E-state index is 13.1. The zero-order valence-corrected chi connectivity index (χ0v) is 10.3. The van der Waals surface area contributed by atoms with Gasteiger partial charge in [0.05, 0.1) is 23.6 Å². The number of aromatic nitrogens is 2. The lowest BCUT2D eigenvalue weighted by molar-refractivity contribution is 0.199. The highest BCUT2D eigenvalue weighted by atomic mass is 19.1. The van der Waals surface area contributed by atoms with Gasteiger partial charge in [-0.25, -0.2) is 4.39 Å². The molecule has 1 aliphatic heterocycles. The van der Waals surface area contributed by atoms with Crippen molar-refractivity contribution in [3.63, 3.8) is 0 Å². The predicted molar refractivity (Wildman–Crippen MR) is 66.0 cm³/mol. The molecular formula is C13H20FN3. The summed E-state index contributed by atoms with van der Waals surface area (Å²) in [6.45, 7) is 2.20. The van der Waals surface area contributed by atoms with Gasteiger partial charge in [0, 0.05) is 6.04 Å². The van der Waals surface area contributed by atoms with E-state index in [0.717, 1.165) is 25.7 Å². The maximum atomic E-state index is 13.1. The summed E-state index contributed by atoms with van der Waals surface area (Å²) in [5.74, 6) is 0. The molecule has 1 saturated carbocycles. The smallest absolute Gasteiger partial charge is 0.100 e. The summed E-state index contributed by atoms with van der Waals surface area (Å²) < 4.78 is 15.3. The fourth-order valence-electron chi connectivity index (χ4n) is 3.04. The number of hydrogen-bond acceptors (Lipinski definition) is 2. The van der Waals surface area contributed by atoms with Crippen molar-refractivity contribution < 1.29 is 4.39 Å². The Kier molecular flexibility index (Phi) is 2.81. The number of nitrogens with zero attached hydrogens (tertiary/aromatic N) is 2. The van der Waals surface area contributed by atoms with E-state index in [1.54, 1.807) is 0 Å². The highest BCUT2D eigenvalue weighted by Crippen LogP contribution is 2.34. The maximum Gasteiger partial charge on any atom is 0.100 e. The minimum atomic E-state index is -0.587. The molecule has 0 radical (unpaired) electrons. The summed E-state index contributed by atoms with van der Waals surface area (Å²) in [6, 6.07) is 0.961. The van der Waals surface area contributed by atoms with Gasteiger partial charge in [-0.1, -0.05) is 0 Å². The molecule has 0 saturated heterocycles. The first-order valence-corrected chi connectivity index (χ1v) is 6.71. The molecule has 3 rings (SSSR count). The summed E-state index contributed by atoms with van der Waals surface area (Å²) in [5.41, 5.74) is 2.51. The molecule has 2 aliphatic rings. The van der Waals surface area contributed by atoms with Crippen LogP contribution >= 0.6 is 0 Å². The van der Waals surface area contributed by atoms with Crippen LogP contribution in [0.3, 0.4) is 0 Å². The van der Waals surface area contributed by atoms with Crippen LogP contribution in [0, 0.1) is 0 Å². The molecule has 1 aromatic heterocycles. The largest absolute Gasteiger partial charge is 0.380 e. The second kappa shape index (κ2) is 4.31. The molecule has 17 heavy (non-hydrogen) atoms. The van der Waals surface area contributed by atoms with Crippen LogP contribution in [0.4, 0.5) is 10.1 Å². The lowest BCUT2D eigenvalue weighted by atomic mass is 9.93. The zero-order valence-electron chi connectivity index (χ0n) is 10.3. The Hall–Kier alpha value is -1.06. The van der Waals surface area contributed by atoms with E-state index in [4.69, 9.17) is 0 Å². The second-order valence-electron chi connectivity index (χ2n) is 5.44. The first kappa shape index (κ1) is 11.1. The Morgan fingerprint density at radius 3 is 2.82 bits per heavy atom. The Balaban J connectivity index is 1.80. The van der Waals surface area contributed by atoms with E-state index in [1.165, 1.54) is 11.4 Å². The Morgan fingerprint density at radius 2 is 2.06 bits per heavy atom. The second-order valence-corrected chi connectivity index (χ2v) is 5.44. The van der Waals surface area contributed by atoms with Crippen molar-refractivity contribution >= 4 is 5.69 Å². The van der Waals surface area contributed by atoms with Crippen LogP contribution in [0.1, 0.15) is 50.8 Å². The van der Waals surface area contributed by atoms with Gasteiger partial charge in [0.1, 0.15) is 6.17 Å². The zero-order chi connectivity index (χ0) is 11.8. The molecule has 0 spiro atoms. The Morgan fingerprint density at radius 1 is 1.29 bits per heavy atom. The van der Waals surface area contributed by atoms with E-state index < -0.39 is 6.17 Å². The van der Waals surface area contributed by atoms with E-state index in [-0.39, 0.29) is 0 Å². The fourth-order valence-corrected chi connectivity index (χ4v) is 3.04. The average molecular weight is 237 g/mol. The van der Waals surface area contributed by atoms with Gasteiger partial charge < -0.3 is 5.32 Å². The van der Waals surface area contributed by atoms with Gasteiger partial charge in [0.2, 0.25) is 0 Å². The van der Waals surface area contributed by atoms with Gasteiger partial charge in [0.15, 0.2) is 0 Å². The van der Waals surface area contributed by atoms with Gasteiger partial charge in [-0.3, -0.25) is 4.68 Å². The van der Waals surface area contributed by atoms with E-state index in [1.807, 2.05) is 6.20 Å². The normalized spacial score (nSPS) is 32.9. The van der Waals surface area contributed by atoms with Gasteiger partial charge >= 0.3 is 0 Å².